The zero-order valence-corrected chi connectivity index (χ0v) is 22.1. The highest BCUT2D eigenvalue weighted by Crippen LogP contribution is 2.37. The lowest BCUT2D eigenvalue weighted by atomic mass is 9.90. The minimum absolute atomic E-state index is 0.0264. The summed E-state index contributed by atoms with van der Waals surface area (Å²) in [6.45, 7) is 0.0264. The van der Waals surface area contributed by atoms with Gasteiger partial charge in [0.2, 0.25) is 5.91 Å². The van der Waals surface area contributed by atoms with E-state index in [1.807, 2.05) is 0 Å². The molecule has 0 unspecified atom stereocenters. The summed E-state index contributed by atoms with van der Waals surface area (Å²) in [7, 11) is 1.53. The highest BCUT2D eigenvalue weighted by atomic mass is 19.4. The SMILES string of the molecule is COc1ccc(C(=O)NC2CCC(NC(=O)[C@H]3CCCN3C(=O)c3cc(C(F)(F)F)cc(C(F)(F)F)c3)CC2)cc1. The smallest absolute Gasteiger partial charge is 0.416 e. The first-order valence-electron chi connectivity index (χ1n) is 13.1. The first kappa shape index (κ1) is 30.2. The number of methoxy groups -OCH3 is 1. The van der Waals surface area contributed by atoms with Crippen LogP contribution in [0.4, 0.5) is 26.3 Å². The van der Waals surface area contributed by atoms with Gasteiger partial charge in [-0.1, -0.05) is 0 Å². The number of hydrogen-bond acceptors (Lipinski definition) is 4. The van der Waals surface area contributed by atoms with Crippen LogP contribution in [0.3, 0.4) is 0 Å². The fourth-order valence-corrected chi connectivity index (χ4v) is 5.22. The molecule has 2 fully saturated rings. The quantitative estimate of drug-likeness (QED) is 0.457. The first-order chi connectivity index (χ1) is 19.3. The number of benzene rings is 2. The molecule has 2 aromatic rings. The van der Waals surface area contributed by atoms with Crippen LogP contribution in [-0.2, 0) is 17.1 Å². The number of halogens is 6. The largest absolute Gasteiger partial charge is 0.497 e. The lowest BCUT2D eigenvalue weighted by Gasteiger charge is -2.32. The maximum absolute atomic E-state index is 13.3. The van der Waals surface area contributed by atoms with Gasteiger partial charge in [0, 0.05) is 29.8 Å². The molecule has 0 bridgehead atoms. The number of ether oxygens (including phenoxy) is 1. The second kappa shape index (κ2) is 12.0. The van der Waals surface area contributed by atoms with Crippen molar-refractivity contribution in [3.63, 3.8) is 0 Å². The Bertz CT molecular complexity index is 1240. The molecule has 0 aromatic heterocycles. The zero-order valence-electron chi connectivity index (χ0n) is 22.1. The molecule has 41 heavy (non-hydrogen) atoms. The van der Waals surface area contributed by atoms with Gasteiger partial charge >= 0.3 is 12.4 Å². The molecule has 7 nitrogen and oxygen atoms in total. The highest BCUT2D eigenvalue weighted by molar-refractivity contribution is 5.98. The van der Waals surface area contributed by atoms with Gasteiger partial charge in [0.15, 0.2) is 0 Å². The van der Waals surface area contributed by atoms with Crippen molar-refractivity contribution in [2.45, 2.75) is 69.0 Å². The normalized spacial score (nSPS) is 21.3. The van der Waals surface area contributed by atoms with Gasteiger partial charge in [-0.15, -0.1) is 0 Å². The van der Waals surface area contributed by atoms with Crippen LogP contribution in [0.5, 0.6) is 5.75 Å². The van der Waals surface area contributed by atoms with Crippen LogP contribution in [0, 0.1) is 0 Å². The average molecular weight is 586 g/mol. The maximum Gasteiger partial charge on any atom is 0.416 e. The molecule has 1 heterocycles. The van der Waals surface area contributed by atoms with Crippen LogP contribution >= 0.6 is 0 Å². The minimum atomic E-state index is -5.09. The molecule has 0 spiro atoms. The van der Waals surface area contributed by atoms with Crippen molar-refractivity contribution in [1.29, 1.82) is 0 Å². The molecule has 222 valence electrons. The average Bonchev–Trinajstić information content (AvgIpc) is 3.43. The summed E-state index contributed by atoms with van der Waals surface area (Å²) >= 11 is 0. The van der Waals surface area contributed by atoms with E-state index in [9.17, 15) is 40.7 Å². The van der Waals surface area contributed by atoms with Crippen molar-refractivity contribution in [3.05, 3.63) is 64.7 Å². The lowest BCUT2D eigenvalue weighted by Crippen LogP contribution is -2.50. The molecular weight excluding hydrogens is 556 g/mol. The summed E-state index contributed by atoms with van der Waals surface area (Å²) < 4.78 is 84.7. The lowest BCUT2D eigenvalue weighted by molar-refractivity contribution is -0.143. The minimum Gasteiger partial charge on any atom is -0.497 e. The van der Waals surface area contributed by atoms with E-state index in [1.165, 1.54) is 7.11 Å². The molecule has 2 aromatic carbocycles. The third kappa shape index (κ3) is 7.31. The molecule has 0 radical (unpaired) electrons. The number of alkyl halides is 6. The summed E-state index contributed by atoms with van der Waals surface area (Å²) in [5, 5.41) is 5.83. The van der Waals surface area contributed by atoms with Crippen LogP contribution in [0.1, 0.15) is 70.4 Å². The van der Waals surface area contributed by atoms with E-state index in [0.717, 1.165) is 4.90 Å². The number of carbonyl (C=O) groups excluding carboxylic acids is 3. The second-order valence-electron chi connectivity index (χ2n) is 10.2. The van der Waals surface area contributed by atoms with E-state index >= 15 is 0 Å². The molecular formula is C28H29F6N3O4. The molecule has 1 saturated carbocycles. The molecule has 2 aliphatic rings. The third-order valence-corrected chi connectivity index (χ3v) is 7.41. The number of rotatable bonds is 6. The van der Waals surface area contributed by atoms with E-state index in [-0.39, 0.29) is 37.0 Å². The van der Waals surface area contributed by atoms with Crippen molar-refractivity contribution >= 4 is 17.7 Å². The molecule has 1 saturated heterocycles. The first-order valence-corrected chi connectivity index (χ1v) is 13.1. The van der Waals surface area contributed by atoms with E-state index in [1.54, 1.807) is 24.3 Å². The number of likely N-dealkylation sites (tertiary alicyclic amines) is 1. The van der Waals surface area contributed by atoms with E-state index in [0.29, 0.717) is 55.5 Å². The van der Waals surface area contributed by atoms with Crippen molar-refractivity contribution in [1.82, 2.24) is 15.5 Å². The van der Waals surface area contributed by atoms with Crippen molar-refractivity contribution < 1.29 is 45.5 Å². The van der Waals surface area contributed by atoms with Gasteiger partial charge in [-0.25, -0.2) is 0 Å². The summed E-state index contributed by atoms with van der Waals surface area (Å²) in [5.74, 6) is -1.18. The Labute approximate surface area is 232 Å². The van der Waals surface area contributed by atoms with Gasteiger partial charge in [0.05, 0.1) is 18.2 Å². The molecule has 1 atom stereocenters. The number of carbonyl (C=O) groups is 3. The van der Waals surface area contributed by atoms with Crippen LogP contribution in [0.2, 0.25) is 0 Å². The molecule has 2 N–H and O–H groups in total. The predicted octanol–water partition coefficient (Wildman–Crippen LogP) is 5.19. The Morgan fingerprint density at radius 3 is 1.83 bits per heavy atom. The van der Waals surface area contributed by atoms with Crippen molar-refractivity contribution in [2.75, 3.05) is 13.7 Å². The van der Waals surface area contributed by atoms with Gasteiger partial charge in [0.25, 0.3) is 11.8 Å². The van der Waals surface area contributed by atoms with Gasteiger partial charge in [0.1, 0.15) is 11.8 Å². The van der Waals surface area contributed by atoms with Crippen LogP contribution in [-0.4, -0.2) is 54.4 Å². The van der Waals surface area contributed by atoms with Crippen LogP contribution in [0.15, 0.2) is 42.5 Å². The van der Waals surface area contributed by atoms with Gasteiger partial charge in [-0.05, 0) is 81.0 Å². The standard InChI is InChI=1S/C28H29F6N3O4/c1-41-22-10-4-16(5-11-22)24(38)35-20-6-8-21(9-7-20)36-25(39)23-3-2-12-37(23)26(40)17-13-18(27(29,30)31)15-19(14-17)28(32,33)34/h4-5,10-11,13-15,20-21,23H,2-3,6-9,12H2,1H3,(H,35,38)(H,36,39)/t20?,21?,23-/m1/s1. The number of hydrogen-bond donors (Lipinski definition) is 2. The highest BCUT2D eigenvalue weighted by Gasteiger charge is 2.40. The fourth-order valence-electron chi connectivity index (χ4n) is 5.22. The molecule has 13 heteroatoms. The molecule has 1 aliphatic heterocycles. The molecule has 3 amide bonds. The van der Waals surface area contributed by atoms with Gasteiger partial charge < -0.3 is 20.3 Å². The Morgan fingerprint density at radius 2 is 1.32 bits per heavy atom. The van der Waals surface area contributed by atoms with Crippen molar-refractivity contribution in [2.24, 2.45) is 0 Å². The van der Waals surface area contributed by atoms with Crippen LogP contribution in [0.25, 0.3) is 0 Å². The predicted molar refractivity (Wildman–Crippen MR) is 135 cm³/mol. The van der Waals surface area contributed by atoms with E-state index in [4.69, 9.17) is 4.74 Å². The summed E-state index contributed by atoms with van der Waals surface area (Å²) in [6.07, 6.45) is -7.31. The van der Waals surface area contributed by atoms with Crippen molar-refractivity contribution in [3.8, 4) is 5.75 Å². The van der Waals surface area contributed by atoms with E-state index < -0.39 is 46.9 Å². The molecule has 1 aliphatic carbocycles. The third-order valence-electron chi connectivity index (χ3n) is 7.41. The number of nitrogens with one attached hydrogen (secondary N) is 2. The summed E-state index contributed by atoms with van der Waals surface area (Å²) in [5.41, 5.74) is -3.48. The summed E-state index contributed by atoms with van der Waals surface area (Å²) in [4.78, 5) is 39.7. The Balaban J connectivity index is 1.36. The Kier molecular flexibility index (Phi) is 8.83. The van der Waals surface area contributed by atoms with E-state index in [2.05, 4.69) is 10.6 Å². The Morgan fingerprint density at radius 1 is 0.780 bits per heavy atom. The molecule has 4 rings (SSSR count). The van der Waals surface area contributed by atoms with Crippen LogP contribution < -0.4 is 15.4 Å². The number of amides is 3. The summed E-state index contributed by atoms with van der Waals surface area (Å²) in [6, 6.07) is 6.01. The topological polar surface area (TPSA) is 87.7 Å². The van der Waals surface area contributed by atoms with Gasteiger partial charge in [-0.3, -0.25) is 14.4 Å². The fraction of sp³-hybridized carbons (Fsp3) is 0.464. The monoisotopic (exact) mass is 585 g/mol. The number of nitrogens with zero attached hydrogens (tertiary/aromatic N) is 1. The second-order valence-corrected chi connectivity index (χ2v) is 10.2. The van der Waals surface area contributed by atoms with Gasteiger partial charge in [-0.2, -0.15) is 26.3 Å². The zero-order chi connectivity index (χ0) is 29.9. The maximum atomic E-state index is 13.3. The Hall–Kier alpha value is -3.77.